The molecule has 2 amide bonds. The topological polar surface area (TPSA) is 41.1 Å². The van der Waals surface area contributed by atoms with E-state index in [9.17, 15) is 4.79 Å². The van der Waals surface area contributed by atoms with Gasteiger partial charge in [-0.05, 0) is 56.0 Å². The van der Waals surface area contributed by atoms with Crippen LogP contribution >= 0.6 is 15.9 Å². The maximum Gasteiger partial charge on any atom is 0.319 e. The Bertz CT molecular complexity index is 721. The van der Waals surface area contributed by atoms with E-state index in [1.54, 1.807) is 0 Å². The number of urea groups is 1. The van der Waals surface area contributed by atoms with E-state index in [-0.39, 0.29) is 11.4 Å². The van der Waals surface area contributed by atoms with Crippen molar-refractivity contribution >= 4 is 27.6 Å². The van der Waals surface area contributed by atoms with Crippen LogP contribution in [0, 0.1) is 13.8 Å². The van der Waals surface area contributed by atoms with Gasteiger partial charge in [0.05, 0.1) is 0 Å². The van der Waals surface area contributed by atoms with Gasteiger partial charge in [0.1, 0.15) is 0 Å². The van der Waals surface area contributed by atoms with Crippen LogP contribution in [0.4, 0.5) is 10.5 Å². The predicted octanol–water partition coefficient (Wildman–Crippen LogP) is 4.92. The smallest absolute Gasteiger partial charge is 0.319 e. The second kappa shape index (κ2) is 6.36. The monoisotopic (exact) mass is 372 g/mol. The van der Waals surface area contributed by atoms with Gasteiger partial charge in [-0.2, -0.15) is 0 Å². The number of rotatable bonds is 4. The Hall–Kier alpha value is -1.81. The fourth-order valence-corrected chi connectivity index (χ4v) is 3.28. The molecule has 1 aliphatic carbocycles. The molecule has 3 nitrogen and oxygen atoms in total. The molecule has 4 heteroatoms. The molecule has 1 saturated carbocycles. The van der Waals surface area contributed by atoms with Crippen LogP contribution in [-0.2, 0) is 5.41 Å². The van der Waals surface area contributed by atoms with E-state index >= 15 is 0 Å². The van der Waals surface area contributed by atoms with Gasteiger partial charge in [-0.25, -0.2) is 4.79 Å². The standard InChI is InChI=1S/C19H21BrN2O/c1-13-3-5-15(6-4-13)19(9-10-19)12-21-18(23)22-17-8-7-16(20)11-14(17)2/h3-8,11H,9-10,12H2,1-2H3,(H2,21,22,23). The lowest BCUT2D eigenvalue weighted by molar-refractivity contribution is 0.251. The van der Waals surface area contributed by atoms with Crippen LogP contribution in [0.15, 0.2) is 46.9 Å². The minimum absolute atomic E-state index is 0.125. The minimum atomic E-state index is -0.145. The van der Waals surface area contributed by atoms with Crippen LogP contribution in [-0.4, -0.2) is 12.6 Å². The first-order chi connectivity index (χ1) is 11.0. The molecule has 0 saturated heterocycles. The summed E-state index contributed by atoms with van der Waals surface area (Å²) in [5, 5.41) is 5.95. The van der Waals surface area contributed by atoms with E-state index in [0.717, 1.165) is 28.6 Å². The average molecular weight is 373 g/mol. The zero-order chi connectivity index (χ0) is 16.4. The summed E-state index contributed by atoms with van der Waals surface area (Å²) >= 11 is 3.43. The average Bonchev–Trinajstić information content (AvgIpc) is 3.30. The summed E-state index contributed by atoms with van der Waals surface area (Å²) in [7, 11) is 0. The first-order valence-electron chi connectivity index (χ1n) is 7.87. The van der Waals surface area contributed by atoms with Gasteiger partial charge in [-0.15, -0.1) is 0 Å². The number of nitrogens with one attached hydrogen (secondary N) is 2. The van der Waals surface area contributed by atoms with Gasteiger partial charge in [0, 0.05) is 22.1 Å². The van der Waals surface area contributed by atoms with Crippen molar-refractivity contribution in [1.82, 2.24) is 5.32 Å². The second-order valence-electron chi connectivity index (χ2n) is 6.41. The third-order valence-corrected chi connectivity index (χ3v) is 5.03. The Morgan fingerprint density at radius 1 is 1.13 bits per heavy atom. The Morgan fingerprint density at radius 2 is 1.83 bits per heavy atom. The lowest BCUT2D eigenvalue weighted by Crippen LogP contribution is -2.35. The van der Waals surface area contributed by atoms with Crippen molar-refractivity contribution in [3.8, 4) is 0 Å². The number of aryl methyl sites for hydroxylation is 2. The highest BCUT2D eigenvalue weighted by atomic mass is 79.9. The van der Waals surface area contributed by atoms with Crippen LogP contribution in [0.2, 0.25) is 0 Å². The van der Waals surface area contributed by atoms with Crippen LogP contribution < -0.4 is 10.6 Å². The van der Waals surface area contributed by atoms with Crippen LogP contribution in [0.25, 0.3) is 0 Å². The second-order valence-corrected chi connectivity index (χ2v) is 7.33. The number of carbonyl (C=O) groups is 1. The summed E-state index contributed by atoms with van der Waals surface area (Å²) in [6, 6.07) is 14.3. The molecule has 0 aromatic heterocycles. The fraction of sp³-hybridized carbons (Fsp3) is 0.316. The van der Waals surface area contributed by atoms with E-state index < -0.39 is 0 Å². The Morgan fingerprint density at radius 3 is 2.43 bits per heavy atom. The third kappa shape index (κ3) is 3.75. The number of anilines is 1. The van der Waals surface area contributed by atoms with Crippen LogP contribution in [0.5, 0.6) is 0 Å². The Labute approximate surface area is 145 Å². The summed E-state index contributed by atoms with van der Waals surface area (Å²) in [5.41, 5.74) is 4.59. The van der Waals surface area contributed by atoms with Gasteiger partial charge in [0.2, 0.25) is 0 Å². The summed E-state index contributed by atoms with van der Waals surface area (Å²) < 4.78 is 1.01. The minimum Gasteiger partial charge on any atom is -0.337 e. The van der Waals surface area contributed by atoms with Crippen molar-refractivity contribution < 1.29 is 4.79 Å². The zero-order valence-electron chi connectivity index (χ0n) is 13.4. The molecule has 2 aromatic carbocycles. The van der Waals surface area contributed by atoms with Crippen molar-refractivity contribution in [3.05, 3.63) is 63.6 Å². The molecule has 0 spiro atoms. The van der Waals surface area contributed by atoms with E-state index in [1.807, 2.05) is 25.1 Å². The molecule has 2 aromatic rings. The molecule has 1 fully saturated rings. The van der Waals surface area contributed by atoms with Gasteiger partial charge in [0.25, 0.3) is 0 Å². The highest BCUT2D eigenvalue weighted by Gasteiger charge is 2.44. The first kappa shape index (κ1) is 16.1. The number of hydrogen-bond donors (Lipinski definition) is 2. The van der Waals surface area contributed by atoms with Crippen molar-refractivity contribution in [2.45, 2.75) is 32.1 Å². The SMILES string of the molecule is Cc1ccc(C2(CNC(=O)Nc3ccc(Br)cc3C)CC2)cc1. The number of carbonyl (C=O) groups excluding carboxylic acids is 1. The van der Waals surface area contributed by atoms with Gasteiger partial charge >= 0.3 is 6.03 Å². The Kier molecular flexibility index (Phi) is 4.44. The molecule has 0 bridgehead atoms. The normalized spacial score (nSPS) is 15.1. The molecule has 0 heterocycles. The molecule has 2 N–H and O–H groups in total. The fourth-order valence-electron chi connectivity index (χ4n) is 2.81. The van der Waals surface area contributed by atoms with E-state index in [4.69, 9.17) is 0 Å². The van der Waals surface area contributed by atoms with E-state index in [0.29, 0.717) is 6.54 Å². The largest absolute Gasteiger partial charge is 0.337 e. The molecule has 0 aliphatic heterocycles. The molecule has 0 atom stereocenters. The lowest BCUT2D eigenvalue weighted by Gasteiger charge is -2.17. The van der Waals surface area contributed by atoms with Crippen molar-refractivity contribution in [1.29, 1.82) is 0 Å². The number of benzene rings is 2. The summed E-state index contributed by atoms with van der Waals surface area (Å²) in [5.74, 6) is 0. The van der Waals surface area contributed by atoms with Crippen LogP contribution in [0.3, 0.4) is 0 Å². The van der Waals surface area contributed by atoms with Crippen LogP contribution in [0.1, 0.15) is 29.5 Å². The number of halogens is 1. The molecular weight excluding hydrogens is 352 g/mol. The molecule has 3 rings (SSSR count). The number of hydrogen-bond acceptors (Lipinski definition) is 1. The maximum atomic E-state index is 12.2. The summed E-state index contributed by atoms with van der Waals surface area (Å²) in [4.78, 5) is 12.2. The van der Waals surface area contributed by atoms with Crippen molar-refractivity contribution in [3.63, 3.8) is 0 Å². The van der Waals surface area contributed by atoms with E-state index in [2.05, 4.69) is 57.8 Å². The molecule has 23 heavy (non-hydrogen) atoms. The summed E-state index contributed by atoms with van der Waals surface area (Å²) in [6.07, 6.45) is 2.27. The molecule has 0 unspecified atom stereocenters. The quantitative estimate of drug-likeness (QED) is 0.785. The zero-order valence-corrected chi connectivity index (χ0v) is 15.0. The van der Waals surface area contributed by atoms with Gasteiger partial charge in [0.15, 0.2) is 0 Å². The predicted molar refractivity (Wildman–Crippen MR) is 98.0 cm³/mol. The number of amides is 2. The van der Waals surface area contributed by atoms with E-state index in [1.165, 1.54) is 11.1 Å². The Balaban J connectivity index is 1.59. The van der Waals surface area contributed by atoms with Gasteiger partial charge in [-0.1, -0.05) is 45.8 Å². The summed E-state index contributed by atoms with van der Waals surface area (Å²) in [6.45, 7) is 4.75. The molecule has 1 aliphatic rings. The van der Waals surface area contributed by atoms with Crippen molar-refractivity contribution in [2.24, 2.45) is 0 Å². The molecular formula is C19H21BrN2O. The van der Waals surface area contributed by atoms with Crippen molar-refractivity contribution in [2.75, 3.05) is 11.9 Å². The third-order valence-electron chi connectivity index (χ3n) is 4.54. The lowest BCUT2D eigenvalue weighted by atomic mass is 9.95. The highest BCUT2D eigenvalue weighted by molar-refractivity contribution is 9.10. The first-order valence-corrected chi connectivity index (χ1v) is 8.66. The highest BCUT2D eigenvalue weighted by Crippen LogP contribution is 2.47. The molecule has 120 valence electrons. The maximum absolute atomic E-state index is 12.2. The van der Waals surface area contributed by atoms with Gasteiger partial charge < -0.3 is 10.6 Å². The molecule has 0 radical (unpaired) electrons. The van der Waals surface area contributed by atoms with Gasteiger partial charge in [-0.3, -0.25) is 0 Å².